The molecule has 2 amide bonds. The van der Waals surface area contributed by atoms with Crippen molar-refractivity contribution in [2.75, 3.05) is 5.32 Å². The summed E-state index contributed by atoms with van der Waals surface area (Å²) in [6, 6.07) is 12.2. The molecule has 2 aromatic carbocycles. The Morgan fingerprint density at radius 3 is 2.44 bits per heavy atom. The Bertz CT molecular complexity index is 795. The minimum absolute atomic E-state index is 0.00168. The molecule has 0 aromatic heterocycles. The molecule has 2 aromatic rings. The molecule has 0 saturated heterocycles. The summed E-state index contributed by atoms with van der Waals surface area (Å²) in [7, 11) is 0. The van der Waals surface area contributed by atoms with Gasteiger partial charge in [0.2, 0.25) is 11.8 Å². The lowest BCUT2D eigenvalue weighted by Gasteiger charge is -2.07. The largest absolute Gasteiger partial charge is 0.325 e. The number of benzene rings is 2. The first kappa shape index (κ1) is 19.4. The van der Waals surface area contributed by atoms with Gasteiger partial charge in [-0.25, -0.2) is 5.43 Å². The van der Waals surface area contributed by atoms with Crippen LogP contribution >= 0.6 is 39.1 Å². The lowest BCUT2D eigenvalue weighted by molar-refractivity contribution is -0.124. The number of rotatable bonds is 6. The second kappa shape index (κ2) is 9.56. The van der Waals surface area contributed by atoms with Gasteiger partial charge in [0.1, 0.15) is 0 Å². The average Bonchev–Trinajstić information content (AvgIpc) is 2.58. The fourth-order valence-electron chi connectivity index (χ4n) is 1.82. The number of nitrogens with one attached hydrogen (secondary N) is 2. The van der Waals surface area contributed by atoms with Crippen LogP contribution in [-0.4, -0.2) is 18.0 Å². The first-order chi connectivity index (χ1) is 11.9. The first-order valence-electron chi connectivity index (χ1n) is 7.26. The van der Waals surface area contributed by atoms with Crippen molar-refractivity contribution in [3.05, 3.63) is 62.5 Å². The molecule has 0 spiro atoms. The van der Waals surface area contributed by atoms with Crippen LogP contribution in [0.5, 0.6) is 0 Å². The normalized spacial score (nSPS) is 10.7. The van der Waals surface area contributed by atoms with Gasteiger partial charge in [0, 0.05) is 22.3 Å². The monoisotopic (exact) mass is 441 g/mol. The average molecular weight is 443 g/mol. The van der Waals surface area contributed by atoms with Crippen LogP contribution in [-0.2, 0) is 9.59 Å². The molecular weight excluding hydrogens is 429 g/mol. The van der Waals surface area contributed by atoms with Gasteiger partial charge >= 0.3 is 0 Å². The quantitative estimate of drug-likeness (QED) is 0.505. The zero-order valence-electron chi connectivity index (χ0n) is 12.9. The van der Waals surface area contributed by atoms with Crippen molar-refractivity contribution < 1.29 is 9.59 Å². The van der Waals surface area contributed by atoms with Crippen molar-refractivity contribution in [2.45, 2.75) is 12.8 Å². The van der Waals surface area contributed by atoms with Crippen LogP contribution in [0.2, 0.25) is 10.0 Å². The lowest BCUT2D eigenvalue weighted by Crippen LogP contribution is -2.20. The van der Waals surface area contributed by atoms with Gasteiger partial charge in [0.05, 0.1) is 16.9 Å². The Balaban J connectivity index is 1.76. The van der Waals surface area contributed by atoms with Crippen LogP contribution in [0, 0.1) is 0 Å². The van der Waals surface area contributed by atoms with E-state index in [1.807, 2.05) is 24.3 Å². The third-order valence-electron chi connectivity index (χ3n) is 3.05. The number of carbonyl (C=O) groups is 2. The van der Waals surface area contributed by atoms with Gasteiger partial charge in [0.25, 0.3) is 0 Å². The summed E-state index contributed by atoms with van der Waals surface area (Å²) in [5, 5.41) is 7.30. The fourth-order valence-corrected chi connectivity index (χ4v) is 2.42. The van der Waals surface area contributed by atoms with E-state index in [0.29, 0.717) is 15.7 Å². The van der Waals surface area contributed by atoms with Gasteiger partial charge in [-0.3, -0.25) is 9.59 Å². The van der Waals surface area contributed by atoms with E-state index in [1.165, 1.54) is 6.21 Å². The van der Waals surface area contributed by atoms with Crippen molar-refractivity contribution in [3.63, 3.8) is 0 Å². The molecule has 0 radical (unpaired) electrons. The SMILES string of the molecule is O=C(CCC(=O)Nc1cc(Cl)ccc1Cl)N/N=C\c1ccc(Br)cc1. The van der Waals surface area contributed by atoms with Gasteiger partial charge in [-0.2, -0.15) is 5.10 Å². The smallest absolute Gasteiger partial charge is 0.240 e. The molecule has 0 heterocycles. The van der Waals surface area contributed by atoms with Gasteiger partial charge in [-0.15, -0.1) is 0 Å². The third kappa shape index (κ3) is 6.86. The molecule has 25 heavy (non-hydrogen) atoms. The molecule has 5 nitrogen and oxygen atoms in total. The Hall–Kier alpha value is -1.89. The van der Waals surface area contributed by atoms with E-state index in [-0.39, 0.29) is 24.7 Å². The number of hydrazone groups is 1. The van der Waals surface area contributed by atoms with Crippen molar-refractivity contribution in [1.82, 2.24) is 5.43 Å². The summed E-state index contributed by atoms with van der Waals surface area (Å²) in [4.78, 5) is 23.6. The van der Waals surface area contributed by atoms with Crippen LogP contribution in [0.4, 0.5) is 5.69 Å². The van der Waals surface area contributed by atoms with Crippen LogP contribution in [0.25, 0.3) is 0 Å². The molecular formula is C17H14BrCl2N3O2. The minimum atomic E-state index is -0.360. The van der Waals surface area contributed by atoms with Crippen molar-refractivity contribution in [3.8, 4) is 0 Å². The van der Waals surface area contributed by atoms with Gasteiger partial charge < -0.3 is 5.32 Å². The molecule has 2 N–H and O–H groups in total. The topological polar surface area (TPSA) is 70.6 Å². The van der Waals surface area contributed by atoms with Crippen LogP contribution in [0.1, 0.15) is 18.4 Å². The molecule has 0 atom stereocenters. The predicted molar refractivity (Wildman–Crippen MR) is 104 cm³/mol. The van der Waals surface area contributed by atoms with Crippen LogP contribution in [0.3, 0.4) is 0 Å². The molecule has 0 unspecified atom stereocenters. The Kier molecular flexibility index (Phi) is 7.43. The Morgan fingerprint density at radius 1 is 1.04 bits per heavy atom. The van der Waals surface area contributed by atoms with E-state index >= 15 is 0 Å². The summed E-state index contributed by atoms with van der Waals surface area (Å²) in [5.41, 5.74) is 3.63. The van der Waals surface area contributed by atoms with E-state index in [2.05, 4.69) is 31.8 Å². The Morgan fingerprint density at radius 2 is 1.72 bits per heavy atom. The van der Waals surface area contributed by atoms with E-state index in [4.69, 9.17) is 23.2 Å². The third-order valence-corrected chi connectivity index (χ3v) is 4.15. The molecule has 0 saturated carbocycles. The number of hydrogen-bond acceptors (Lipinski definition) is 3. The number of halogens is 3. The number of carbonyl (C=O) groups excluding carboxylic acids is 2. The van der Waals surface area contributed by atoms with Crippen molar-refractivity contribution in [1.29, 1.82) is 0 Å². The Labute approximate surface area is 163 Å². The molecule has 0 aliphatic rings. The molecule has 130 valence electrons. The highest BCUT2D eigenvalue weighted by atomic mass is 79.9. The molecule has 0 aliphatic heterocycles. The second-order valence-corrected chi connectivity index (χ2v) is 6.78. The maximum Gasteiger partial charge on any atom is 0.240 e. The molecule has 0 bridgehead atoms. The minimum Gasteiger partial charge on any atom is -0.325 e. The van der Waals surface area contributed by atoms with Crippen LogP contribution < -0.4 is 10.7 Å². The summed E-state index contributed by atoms with van der Waals surface area (Å²) >= 11 is 15.2. The van der Waals surface area contributed by atoms with Gasteiger partial charge in [-0.1, -0.05) is 51.3 Å². The zero-order valence-corrected chi connectivity index (χ0v) is 16.0. The lowest BCUT2D eigenvalue weighted by atomic mass is 10.2. The van der Waals surface area contributed by atoms with Gasteiger partial charge in [0.15, 0.2) is 0 Å². The fraction of sp³-hybridized carbons (Fsp3) is 0.118. The molecule has 0 aliphatic carbocycles. The summed E-state index contributed by atoms with van der Waals surface area (Å²) in [6.07, 6.45) is 1.53. The summed E-state index contributed by atoms with van der Waals surface area (Å²) < 4.78 is 0.958. The second-order valence-electron chi connectivity index (χ2n) is 5.02. The number of amides is 2. The van der Waals surface area contributed by atoms with E-state index in [0.717, 1.165) is 10.0 Å². The summed E-state index contributed by atoms with van der Waals surface area (Å²) in [6.45, 7) is 0. The van der Waals surface area contributed by atoms with Gasteiger partial charge in [-0.05, 0) is 35.9 Å². The highest BCUT2D eigenvalue weighted by molar-refractivity contribution is 9.10. The molecule has 2 rings (SSSR count). The highest BCUT2D eigenvalue weighted by Crippen LogP contribution is 2.25. The molecule has 8 heteroatoms. The van der Waals surface area contributed by atoms with Crippen LogP contribution in [0.15, 0.2) is 52.0 Å². The van der Waals surface area contributed by atoms with E-state index in [9.17, 15) is 9.59 Å². The first-order valence-corrected chi connectivity index (χ1v) is 8.81. The number of hydrogen-bond donors (Lipinski definition) is 2. The zero-order chi connectivity index (χ0) is 18.2. The number of anilines is 1. The van der Waals surface area contributed by atoms with E-state index < -0.39 is 0 Å². The summed E-state index contributed by atoms with van der Waals surface area (Å²) in [5.74, 6) is -0.697. The predicted octanol–water partition coefficient (Wildman–Crippen LogP) is 4.62. The molecule has 0 fully saturated rings. The number of nitrogens with zero attached hydrogens (tertiary/aromatic N) is 1. The maximum atomic E-state index is 11.9. The standard InChI is InChI=1S/C17H14BrCl2N3O2/c18-12-3-1-11(2-4-12)10-21-23-17(25)8-7-16(24)22-15-9-13(19)5-6-14(15)20/h1-6,9-10H,7-8H2,(H,22,24)(H,23,25)/b21-10-. The highest BCUT2D eigenvalue weighted by Gasteiger charge is 2.09. The van der Waals surface area contributed by atoms with Crippen molar-refractivity contribution >= 4 is 62.8 Å². The van der Waals surface area contributed by atoms with E-state index in [1.54, 1.807) is 18.2 Å². The van der Waals surface area contributed by atoms with Crippen molar-refractivity contribution in [2.24, 2.45) is 5.10 Å². The maximum absolute atomic E-state index is 11.9.